The molecule has 0 radical (unpaired) electrons. The molecule has 0 aromatic heterocycles. The predicted octanol–water partition coefficient (Wildman–Crippen LogP) is 2.43. The summed E-state index contributed by atoms with van der Waals surface area (Å²) >= 11 is 11.0. The van der Waals surface area contributed by atoms with Crippen LogP contribution in [-0.2, 0) is 4.79 Å². The number of benzene rings is 1. The van der Waals surface area contributed by atoms with E-state index in [4.69, 9.17) is 23.2 Å². The topological polar surface area (TPSA) is 72.2 Å². The maximum Gasteiger partial charge on any atom is 0.290 e. The number of anilines is 1. The number of carbonyl (C=O) groups excluding carboxylic acids is 1. The second kappa shape index (κ2) is 4.95. The van der Waals surface area contributed by atoms with Crippen molar-refractivity contribution in [3.8, 4) is 0 Å². The van der Waals surface area contributed by atoms with E-state index in [-0.39, 0.29) is 22.3 Å². The molecule has 0 saturated carbocycles. The highest BCUT2D eigenvalue weighted by Crippen LogP contribution is 2.31. The molecule has 0 unspecified atom stereocenters. The molecular weight excluding hydrogens is 243 g/mol. The molecule has 15 heavy (non-hydrogen) atoms. The SMILES string of the molecule is O=C(CCl)Nc1cccc([N+](=O)[O-])c1Cl. The molecule has 1 aromatic rings. The van der Waals surface area contributed by atoms with Crippen LogP contribution in [0, 0.1) is 10.1 Å². The molecule has 1 rings (SSSR count). The molecule has 1 amide bonds. The van der Waals surface area contributed by atoms with Gasteiger partial charge in [0.1, 0.15) is 10.9 Å². The summed E-state index contributed by atoms with van der Waals surface area (Å²) in [7, 11) is 0. The zero-order chi connectivity index (χ0) is 11.4. The van der Waals surface area contributed by atoms with Crippen LogP contribution < -0.4 is 5.32 Å². The van der Waals surface area contributed by atoms with Crippen LogP contribution in [0.5, 0.6) is 0 Å². The Morgan fingerprint density at radius 2 is 2.20 bits per heavy atom. The van der Waals surface area contributed by atoms with Crippen LogP contribution in [0.25, 0.3) is 0 Å². The molecule has 1 N–H and O–H groups in total. The van der Waals surface area contributed by atoms with Crippen molar-refractivity contribution in [2.75, 3.05) is 11.2 Å². The van der Waals surface area contributed by atoms with Gasteiger partial charge < -0.3 is 5.32 Å². The Balaban J connectivity index is 3.04. The van der Waals surface area contributed by atoms with E-state index in [1.807, 2.05) is 0 Å². The standard InChI is InChI=1S/C8H6Cl2N2O3/c9-4-7(13)11-5-2-1-3-6(8(5)10)12(14)15/h1-3H,4H2,(H,11,13). The van der Waals surface area contributed by atoms with Crippen molar-refractivity contribution in [3.05, 3.63) is 33.3 Å². The van der Waals surface area contributed by atoms with E-state index in [0.717, 1.165) is 0 Å². The van der Waals surface area contributed by atoms with E-state index in [1.54, 1.807) is 0 Å². The van der Waals surface area contributed by atoms with Crippen molar-refractivity contribution >= 4 is 40.5 Å². The molecule has 1 aromatic carbocycles. The third-order valence-corrected chi connectivity index (χ3v) is 2.21. The summed E-state index contributed by atoms with van der Waals surface area (Å²) in [4.78, 5) is 20.8. The van der Waals surface area contributed by atoms with Crippen LogP contribution in [0.15, 0.2) is 18.2 Å². The van der Waals surface area contributed by atoms with Gasteiger partial charge in [-0.3, -0.25) is 14.9 Å². The second-order valence-corrected chi connectivity index (χ2v) is 3.22. The highest BCUT2D eigenvalue weighted by Gasteiger charge is 2.16. The van der Waals surface area contributed by atoms with Crippen molar-refractivity contribution in [1.29, 1.82) is 0 Å². The first-order valence-corrected chi connectivity index (χ1v) is 4.76. The molecule has 5 nitrogen and oxygen atoms in total. The summed E-state index contributed by atoms with van der Waals surface area (Å²) in [6, 6.07) is 4.13. The van der Waals surface area contributed by atoms with Gasteiger partial charge in [-0.2, -0.15) is 0 Å². The number of amides is 1. The van der Waals surface area contributed by atoms with E-state index in [1.165, 1.54) is 18.2 Å². The fourth-order valence-electron chi connectivity index (χ4n) is 0.941. The molecule has 0 heterocycles. The van der Waals surface area contributed by atoms with Gasteiger partial charge in [-0.15, -0.1) is 11.6 Å². The highest BCUT2D eigenvalue weighted by molar-refractivity contribution is 6.36. The van der Waals surface area contributed by atoms with Gasteiger partial charge in [0.25, 0.3) is 5.69 Å². The normalized spacial score (nSPS) is 9.73. The Labute approximate surface area is 95.1 Å². The van der Waals surface area contributed by atoms with Gasteiger partial charge in [0.2, 0.25) is 5.91 Å². The molecule has 0 aliphatic rings. The molecule has 7 heteroatoms. The van der Waals surface area contributed by atoms with Gasteiger partial charge in [0, 0.05) is 6.07 Å². The summed E-state index contributed by atoms with van der Waals surface area (Å²) < 4.78 is 0. The molecule has 80 valence electrons. The Morgan fingerprint density at radius 3 is 2.73 bits per heavy atom. The summed E-state index contributed by atoms with van der Waals surface area (Å²) in [5.74, 6) is -0.710. The summed E-state index contributed by atoms with van der Waals surface area (Å²) in [5, 5.41) is 12.7. The Bertz CT molecular complexity index is 409. The fourth-order valence-corrected chi connectivity index (χ4v) is 1.25. The average Bonchev–Trinajstić information content (AvgIpc) is 2.20. The minimum Gasteiger partial charge on any atom is -0.324 e. The molecule has 0 aliphatic heterocycles. The average molecular weight is 249 g/mol. The Morgan fingerprint density at radius 1 is 1.53 bits per heavy atom. The van der Waals surface area contributed by atoms with Gasteiger partial charge in [0.05, 0.1) is 10.6 Å². The number of rotatable bonds is 3. The Hall–Kier alpha value is -1.33. The fraction of sp³-hybridized carbons (Fsp3) is 0.125. The van der Waals surface area contributed by atoms with E-state index >= 15 is 0 Å². The first kappa shape index (κ1) is 11.7. The zero-order valence-corrected chi connectivity index (χ0v) is 8.88. The number of hydrogen-bond acceptors (Lipinski definition) is 3. The van der Waals surface area contributed by atoms with Gasteiger partial charge in [-0.25, -0.2) is 0 Å². The van der Waals surface area contributed by atoms with E-state index in [2.05, 4.69) is 5.32 Å². The highest BCUT2D eigenvalue weighted by atomic mass is 35.5. The second-order valence-electron chi connectivity index (χ2n) is 2.58. The molecule has 0 atom stereocenters. The maximum absolute atomic E-state index is 10.9. The number of carbonyl (C=O) groups is 1. The minimum atomic E-state index is -0.626. The molecule has 0 fully saturated rings. The first-order valence-electron chi connectivity index (χ1n) is 3.85. The largest absolute Gasteiger partial charge is 0.324 e. The van der Waals surface area contributed by atoms with Gasteiger partial charge in [-0.1, -0.05) is 17.7 Å². The smallest absolute Gasteiger partial charge is 0.290 e. The van der Waals surface area contributed by atoms with E-state index < -0.39 is 10.8 Å². The van der Waals surface area contributed by atoms with Crippen LogP contribution in [0.4, 0.5) is 11.4 Å². The van der Waals surface area contributed by atoms with Crippen LogP contribution >= 0.6 is 23.2 Å². The summed E-state index contributed by atoms with van der Waals surface area (Å²) in [6.07, 6.45) is 0. The van der Waals surface area contributed by atoms with Crippen LogP contribution in [0.3, 0.4) is 0 Å². The molecular formula is C8H6Cl2N2O3. The molecule has 0 bridgehead atoms. The monoisotopic (exact) mass is 248 g/mol. The third-order valence-electron chi connectivity index (χ3n) is 1.57. The number of nitrogens with zero attached hydrogens (tertiary/aromatic N) is 1. The number of alkyl halides is 1. The molecule has 0 spiro atoms. The molecule has 0 aliphatic carbocycles. The number of nitro groups is 1. The number of halogens is 2. The lowest BCUT2D eigenvalue weighted by Crippen LogP contribution is -2.13. The van der Waals surface area contributed by atoms with Gasteiger partial charge in [-0.05, 0) is 6.07 Å². The number of hydrogen-bond donors (Lipinski definition) is 1. The van der Waals surface area contributed by atoms with Crippen molar-refractivity contribution in [3.63, 3.8) is 0 Å². The number of nitro benzene ring substituents is 1. The van der Waals surface area contributed by atoms with Crippen molar-refractivity contribution in [2.24, 2.45) is 0 Å². The summed E-state index contributed by atoms with van der Waals surface area (Å²) in [5.41, 5.74) is -0.0828. The predicted molar refractivity (Wildman–Crippen MR) is 57.5 cm³/mol. The lowest BCUT2D eigenvalue weighted by atomic mass is 10.3. The van der Waals surface area contributed by atoms with Gasteiger partial charge >= 0.3 is 0 Å². The minimum absolute atomic E-state index is 0.110. The van der Waals surface area contributed by atoms with Crippen molar-refractivity contribution in [2.45, 2.75) is 0 Å². The zero-order valence-electron chi connectivity index (χ0n) is 7.37. The van der Waals surface area contributed by atoms with Crippen LogP contribution in [-0.4, -0.2) is 16.7 Å². The first-order chi connectivity index (χ1) is 7.06. The number of nitrogens with one attached hydrogen (secondary N) is 1. The van der Waals surface area contributed by atoms with E-state index in [9.17, 15) is 14.9 Å². The Kier molecular flexibility index (Phi) is 3.88. The van der Waals surface area contributed by atoms with Crippen LogP contribution in [0.2, 0.25) is 5.02 Å². The van der Waals surface area contributed by atoms with Crippen LogP contribution in [0.1, 0.15) is 0 Å². The van der Waals surface area contributed by atoms with Crippen molar-refractivity contribution in [1.82, 2.24) is 0 Å². The lowest BCUT2D eigenvalue weighted by molar-refractivity contribution is -0.384. The van der Waals surface area contributed by atoms with E-state index in [0.29, 0.717) is 0 Å². The van der Waals surface area contributed by atoms with Gasteiger partial charge in [0.15, 0.2) is 0 Å². The molecule has 0 saturated heterocycles. The third kappa shape index (κ3) is 2.81. The summed E-state index contributed by atoms with van der Waals surface area (Å²) in [6.45, 7) is 0. The lowest BCUT2D eigenvalue weighted by Gasteiger charge is -2.04. The van der Waals surface area contributed by atoms with Crippen molar-refractivity contribution < 1.29 is 9.72 Å². The maximum atomic E-state index is 10.9. The quantitative estimate of drug-likeness (QED) is 0.508.